The molecule has 2 N–H and O–H groups in total. The van der Waals surface area contributed by atoms with Crippen molar-refractivity contribution in [1.29, 1.82) is 0 Å². The van der Waals surface area contributed by atoms with Crippen LogP contribution in [0.1, 0.15) is 63.0 Å². The van der Waals surface area contributed by atoms with Gasteiger partial charge in [-0.2, -0.15) is 0 Å². The second-order valence-corrected chi connectivity index (χ2v) is 5.17. The normalized spacial score (nSPS) is 25.8. The summed E-state index contributed by atoms with van der Waals surface area (Å²) in [6, 6.07) is 0.261. The van der Waals surface area contributed by atoms with E-state index in [9.17, 15) is 0 Å². The van der Waals surface area contributed by atoms with Crippen LogP contribution >= 0.6 is 0 Å². The Morgan fingerprint density at radius 3 is 2.76 bits per heavy atom. The van der Waals surface area contributed by atoms with Crippen LogP contribution in [0.15, 0.2) is 0 Å². The lowest BCUT2D eigenvalue weighted by atomic mass is 9.94. The van der Waals surface area contributed by atoms with E-state index in [1.165, 1.54) is 25.7 Å². The molecule has 0 aromatic carbocycles. The van der Waals surface area contributed by atoms with Crippen LogP contribution in [-0.2, 0) is 6.54 Å². The van der Waals surface area contributed by atoms with Crippen LogP contribution in [0.2, 0.25) is 0 Å². The molecule has 0 aliphatic heterocycles. The molecular formula is C13H24N4. The third-order valence-electron chi connectivity index (χ3n) is 3.81. The summed E-state index contributed by atoms with van der Waals surface area (Å²) in [5, 5.41) is 8.62. The third-order valence-corrected chi connectivity index (χ3v) is 3.81. The molecule has 1 aliphatic carbocycles. The fourth-order valence-electron chi connectivity index (χ4n) is 2.83. The third kappa shape index (κ3) is 2.68. The summed E-state index contributed by atoms with van der Waals surface area (Å²) in [5.74, 6) is 2.56. The summed E-state index contributed by atoms with van der Waals surface area (Å²) in [4.78, 5) is 0. The number of nitrogens with zero attached hydrogens (tertiary/aromatic N) is 3. The Kier molecular flexibility index (Phi) is 4.15. The molecule has 0 radical (unpaired) electrons. The number of aromatic nitrogens is 3. The zero-order chi connectivity index (χ0) is 12.3. The van der Waals surface area contributed by atoms with Crippen LogP contribution in [-0.4, -0.2) is 20.8 Å². The Morgan fingerprint density at radius 1 is 1.24 bits per heavy atom. The Labute approximate surface area is 104 Å². The first-order valence-electron chi connectivity index (χ1n) is 6.89. The highest BCUT2D eigenvalue weighted by atomic mass is 15.3. The van der Waals surface area contributed by atoms with Gasteiger partial charge in [-0.05, 0) is 26.2 Å². The van der Waals surface area contributed by atoms with Gasteiger partial charge in [-0.25, -0.2) is 0 Å². The molecule has 1 aromatic heterocycles. The maximum atomic E-state index is 6.30. The number of hydrogen-bond donors (Lipinski definition) is 1. The van der Waals surface area contributed by atoms with Crippen molar-refractivity contribution in [1.82, 2.24) is 14.8 Å². The Morgan fingerprint density at radius 2 is 2.00 bits per heavy atom. The van der Waals surface area contributed by atoms with Crippen molar-refractivity contribution in [3.8, 4) is 0 Å². The lowest BCUT2D eigenvalue weighted by Crippen LogP contribution is -2.29. The minimum Gasteiger partial charge on any atom is -0.327 e. The van der Waals surface area contributed by atoms with Gasteiger partial charge in [0, 0.05) is 18.5 Å². The molecule has 0 bridgehead atoms. The lowest BCUT2D eigenvalue weighted by molar-refractivity contribution is 0.457. The quantitative estimate of drug-likeness (QED) is 0.820. The molecule has 2 rings (SSSR count). The van der Waals surface area contributed by atoms with Gasteiger partial charge in [0.15, 0.2) is 0 Å². The molecule has 4 nitrogen and oxygen atoms in total. The van der Waals surface area contributed by atoms with Crippen molar-refractivity contribution in [3.05, 3.63) is 11.6 Å². The first kappa shape index (κ1) is 12.6. The second kappa shape index (κ2) is 5.63. The van der Waals surface area contributed by atoms with E-state index in [4.69, 9.17) is 5.73 Å². The zero-order valence-electron chi connectivity index (χ0n) is 11.0. The van der Waals surface area contributed by atoms with Crippen molar-refractivity contribution in [2.45, 2.75) is 70.9 Å². The van der Waals surface area contributed by atoms with E-state index < -0.39 is 0 Å². The van der Waals surface area contributed by atoms with E-state index in [0.717, 1.165) is 31.0 Å². The Hall–Kier alpha value is -0.900. The molecule has 1 fully saturated rings. The summed E-state index contributed by atoms with van der Waals surface area (Å²) in [6.07, 6.45) is 7.26. The highest BCUT2D eigenvalue weighted by Crippen LogP contribution is 2.30. The van der Waals surface area contributed by atoms with Crippen molar-refractivity contribution in [2.24, 2.45) is 5.73 Å². The molecule has 0 amide bonds. The second-order valence-electron chi connectivity index (χ2n) is 5.17. The molecule has 1 aromatic rings. The van der Waals surface area contributed by atoms with E-state index >= 15 is 0 Å². The van der Waals surface area contributed by atoms with Crippen molar-refractivity contribution in [3.63, 3.8) is 0 Å². The van der Waals surface area contributed by atoms with Crippen LogP contribution < -0.4 is 5.73 Å². The lowest BCUT2D eigenvalue weighted by Gasteiger charge is -2.21. The minimum atomic E-state index is 0.261. The van der Waals surface area contributed by atoms with Gasteiger partial charge < -0.3 is 10.3 Å². The molecule has 4 heteroatoms. The summed E-state index contributed by atoms with van der Waals surface area (Å²) in [6.45, 7) is 5.24. The largest absolute Gasteiger partial charge is 0.327 e. The van der Waals surface area contributed by atoms with Crippen molar-refractivity contribution in [2.75, 3.05) is 0 Å². The summed E-state index contributed by atoms with van der Waals surface area (Å²) in [7, 11) is 0. The standard InChI is InChI=1S/C13H24N4/c1-3-9-17-10(2)15-16-13(17)11-7-5-4-6-8-12(11)14/h11-12H,3-9,14H2,1-2H3. The Bertz CT molecular complexity index is 358. The van der Waals surface area contributed by atoms with Crippen LogP contribution in [0.5, 0.6) is 0 Å². The van der Waals surface area contributed by atoms with Crippen molar-refractivity contribution < 1.29 is 0 Å². The highest BCUT2D eigenvalue weighted by Gasteiger charge is 2.26. The molecule has 96 valence electrons. The van der Waals surface area contributed by atoms with Gasteiger partial charge in [0.05, 0.1) is 0 Å². The van der Waals surface area contributed by atoms with Crippen LogP contribution in [0, 0.1) is 6.92 Å². The molecular weight excluding hydrogens is 212 g/mol. The average molecular weight is 236 g/mol. The summed E-state index contributed by atoms with van der Waals surface area (Å²) in [5.41, 5.74) is 6.30. The molecule has 1 heterocycles. The smallest absolute Gasteiger partial charge is 0.137 e. The number of aryl methyl sites for hydroxylation is 1. The van der Waals surface area contributed by atoms with E-state index in [1.807, 2.05) is 6.92 Å². The van der Waals surface area contributed by atoms with E-state index in [2.05, 4.69) is 21.7 Å². The minimum absolute atomic E-state index is 0.261. The fraction of sp³-hybridized carbons (Fsp3) is 0.846. The first-order valence-corrected chi connectivity index (χ1v) is 6.89. The maximum Gasteiger partial charge on any atom is 0.137 e. The van der Waals surface area contributed by atoms with E-state index in [0.29, 0.717) is 5.92 Å². The molecule has 1 saturated carbocycles. The zero-order valence-corrected chi connectivity index (χ0v) is 11.0. The number of hydrogen-bond acceptors (Lipinski definition) is 3. The predicted octanol–water partition coefficient (Wildman–Crippen LogP) is 2.37. The van der Waals surface area contributed by atoms with Crippen molar-refractivity contribution >= 4 is 0 Å². The van der Waals surface area contributed by atoms with E-state index in [1.54, 1.807) is 0 Å². The summed E-state index contributed by atoms with van der Waals surface area (Å²) < 4.78 is 2.26. The first-order chi connectivity index (χ1) is 8.24. The highest BCUT2D eigenvalue weighted by molar-refractivity contribution is 5.05. The van der Waals surface area contributed by atoms with Crippen LogP contribution in [0.3, 0.4) is 0 Å². The van der Waals surface area contributed by atoms with Gasteiger partial charge in [-0.1, -0.05) is 26.2 Å². The molecule has 17 heavy (non-hydrogen) atoms. The fourth-order valence-corrected chi connectivity index (χ4v) is 2.83. The topological polar surface area (TPSA) is 56.7 Å². The van der Waals surface area contributed by atoms with Gasteiger partial charge in [0.1, 0.15) is 11.6 Å². The van der Waals surface area contributed by atoms with Gasteiger partial charge in [-0.15, -0.1) is 10.2 Å². The van der Waals surface area contributed by atoms with Gasteiger partial charge in [0.25, 0.3) is 0 Å². The molecule has 0 spiro atoms. The molecule has 2 atom stereocenters. The van der Waals surface area contributed by atoms with E-state index in [-0.39, 0.29) is 6.04 Å². The van der Waals surface area contributed by atoms with Gasteiger partial charge in [-0.3, -0.25) is 0 Å². The Balaban J connectivity index is 2.24. The summed E-state index contributed by atoms with van der Waals surface area (Å²) >= 11 is 0. The van der Waals surface area contributed by atoms with Crippen LogP contribution in [0.4, 0.5) is 0 Å². The molecule has 1 aliphatic rings. The molecule has 0 saturated heterocycles. The monoisotopic (exact) mass is 236 g/mol. The van der Waals surface area contributed by atoms with Gasteiger partial charge >= 0.3 is 0 Å². The average Bonchev–Trinajstić information content (AvgIpc) is 2.54. The number of rotatable bonds is 3. The maximum absolute atomic E-state index is 6.30. The number of nitrogens with two attached hydrogens (primary N) is 1. The van der Waals surface area contributed by atoms with Crippen LogP contribution in [0.25, 0.3) is 0 Å². The van der Waals surface area contributed by atoms with Gasteiger partial charge in [0.2, 0.25) is 0 Å². The molecule has 2 unspecified atom stereocenters. The SMILES string of the molecule is CCCn1c(C)nnc1C1CCCCCC1N. The predicted molar refractivity (Wildman–Crippen MR) is 68.9 cm³/mol.